The van der Waals surface area contributed by atoms with Crippen LogP contribution in [0.4, 0.5) is 18.9 Å². The largest absolute Gasteiger partial charge is 0.481 e. The molecule has 1 amide bonds. The van der Waals surface area contributed by atoms with Gasteiger partial charge in [-0.05, 0) is 24.3 Å². The first-order chi connectivity index (χ1) is 8.69. The number of hydrogen-bond acceptors (Lipinski definition) is 2. The zero-order valence-electron chi connectivity index (χ0n) is 9.45. The van der Waals surface area contributed by atoms with Crippen LogP contribution in [0.5, 0.6) is 0 Å². The summed E-state index contributed by atoms with van der Waals surface area (Å²) in [7, 11) is 0. The second kappa shape index (κ2) is 5.92. The molecule has 0 saturated carbocycles. The number of hydrogen-bond donors (Lipinski definition) is 1. The maximum absolute atomic E-state index is 12.4. The summed E-state index contributed by atoms with van der Waals surface area (Å²) >= 11 is 5.59. The molecular weight excluding hydrogens is 287 g/mol. The van der Waals surface area contributed by atoms with E-state index in [1.165, 1.54) is 24.3 Å². The molecule has 8 heteroatoms. The van der Waals surface area contributed by atoms with Gasteiger partial charge < -0.3 is 10.0 Å². The van der Waals surface area contributed by atoms with Crippen molar-refractivity contribution in [3.8, 4) is 0 Å². The van der Waals surface area contributed by atoms with E-state index in [0.29, 0.717) is 9.92 Å². The predicted molar refractivity (Wildman–Crippen MR) is 62.1 cm³/mol. The number of carbonyl (C=O) groups excluding carboxylic acids is 1. The van der Waals surface area contributed by atoms with Crippen molar-refractivity contribution in [2.24, 2.45) is 0 Å². The first-order valence-corrected chi connectivity index (χ1v) is 5.41. The molecule has 0 aromatic heterocycles. The molecule has 0 aliphatic heterocycles. The van der Waals surface area contributed by atoms with Crippen molar-refractivity contribution in [3.05, 3.63) is 29.3 Å². The Morgan fingerprint density at radius 1 is 1.21 bits per heavy atom. The fourth-order valence-electron chi connectivity index (χ4n) is 1.35. The monoisotopic (exact) mass is 295 g/mol. The number of benzene rings is 1. The van der Waals surface area contributed by atoms with Crippen LogP contribution in [0.3, 0.4) is 0 Å². The number of aliphatic carboxylic acids is 1. The molecular formula is C11H9ClF3NO3. The third-order valence-electron chi connectivity index (χ3n) is 2.08. The van der Waals surface area contributed by atoms with Gasteiger partial charge in [0.05, 0.1) is 0 Å². The SMILES string of the molecule is O=C(O)CC(=O)N(CC(F)(F)F)c1ccc(Cl)cc1. The van der Waals surface area contributed by atoms with Gasteiger partial charge in [0.2, 0.25) is 5.91 Å². The van der Waals surface area contributed by atoms with E-state index in [4.69, 9.17) is 16.7 Å². The molecule has 0 bridgehead atoms. The van der Waals surface area contributed by atoms with Crippen LogP contribution in [0.25, 0.3) is 0 Å². The van der Waals surface area contributed by atoms with E-state index >= 15 is 0 Å². The van der Waals surface area contributed by atoms with Crippen molar-refractivity contribution >= 4 is 29.2 Å². The molecule has 0 aliphatic rings. The smallest absolute Gasteiger partial charge is 0.406 e. The predicted octanol–water partition coefficient (Wildman–Crippen LogP) is 2.71. The highest BCUT2D eigenvalue weighted by molar-refractivity contribution is 6.30. The topological polar surface area (TPSA) is 57.6 Å². The molecule has 0 heterocycles. The summed E-state index contributed by atoms with van der Waals surface area (Å²) in [4.78, 5) is 22.3. The molecule has 1 aromatic rings. The van der Waals surface area contributed by atoms with E-state index in [0.717, 1.165) is 0 Å². The summed E-state index contributed by atoms with van der Waals surface area (Å²) in [6, 6.07) is 5.06. The highest BCUT2D eigenvalue weighted by atomic mass is 35.5. The number of carboxylic acids is 1. The fourth-order valence-corrected chi connectivity index (χ4v) is 1.47. The average molecular weight is 296 g/mol. The number of amides is 1. The lowest BCUT2D eigenvalue weighted by Crippen LogP contribution is -2.39. The van der Waals surface area contributed by atoms with E-state index in [-0.39, 0.29) is 5.69 Å². The number of carboxylic acid groups (broad SMARTS) is 1. The maximum atomic E-state index is 12.4. The minimum absolute atomic E-state index is 0.0621. The standard InChI is InChI=1S/C11H9ClF3NO3/c12-7-1-3-8(4-2-7)16(6-11(13,14)15)9(17)5-10(18)19/h1-4H,5-6H2,(H,18,19). The zero-order chi connectivity index (χ0) is 14.6. The second-order valence-electron chi connectivity index (χ2n) is 3.64. The van der Waals surface area contributed by atoms with Gasteiger partial charge in [0.1, 0.15) is 13.0 Å². The van der Waals surface area contributed by atoms with E-state index in [9.17, 15) is 22.8 Å². The van der Waals surface area contributed by atoms with Gasteiger partial charge in [-0.25, -0.2) is 0 Å². The Balaban J connectivity index is 3.01. The van der Waals surface area contributed by atoms with Crippen LogP contribution in [0.2, 0.25) is 5.02 Å². The Morgan fingerprint density at radius 2 is 1.74 bits per heavy atom. The lowest BCUT2D eigenvalue weighted by atomic mass is 10.2. The second-order valence-corrected chi connectivity index (χ2v) is 4.08. The summed E-state index contributed by atoms with van der Waals surface area (Å²) in [6.07, 6.45) is -5.65. The molecule has 1 aromatic carbocycles. The first-order valence-electron chi connectivity index (χ1n) is 5.03. The van der Waals surface area contributed by atoms with Crippen molar-refractivity contribution in [3.63, 3.8) is 0 Å². The highest BCUT2D eigenvalue weighted by Gasteiger charge is 2.34. The third kappa shape index (κ3) is 5.17. The summed E-state index contributed by atoms with van der Waals surface area (Å²) in [5, 5.41) is 8.77. The molecule has 19 heavy (non-hydrogen) atoms. The van der Waals surface area contributed by atoms with E-state index in [1.807, 2.05) is 0 Å². The lowest BCUT2D eigenvalue weighted by Gasteiger charge is -2.23. The van der Waals surface area contributed by atoms with Crippen LogP contribution in [0.15, 0.2) is 24.3 Å². The van der Waals surface area contributed by atoms with Gasteiger partial charge in [0, 0.05) is 10.7 Å². The van der Waals surface area contributed by atoms with Crippen molar-refractivity contribution < 1.29 is 27.9 Å². The molecule has 0 aliphatic carbocycles. The Hall–Kier alpha value is -1.76. The molecule has 0 fully saturated rings. The normalized spacial score (nSPS) is 11.2. The fraction of sp³-hybridized carbons (Fsp3) is 0.273. The summed E-state index contributed by atoms with van der Waals surface area (Å²) in [5.74, 6) is -2.64. The molecule has 0 atom stereocenters. The number of anilines is 1. The van der Waals surface area contributed by atoms with Crippen LogP contribution in [-0.2, 0) is 9.59 Å². The van der Waals surface area contributed by atoms with E-state index in [2.05, 4.69) is 0 Å². The van der Waals surface area contributed by atoms with Crippen molar-refractivity contribution in [2.45, 2.75) is 12.6 Å². The lowest BCUT2D eigenvalue weighted by molar-refractivity contribution is -0.143. The minimum atomic E-state index is -4.63. The van der Waals surface area contributed by atoms with Gasteiger partial charge in [-0.1, -0.05) is 11.6 Å². The van der Waals surface area contributed by atoms with Crippen molar-refractivity contribution in [1.29, 1.82) is 0 Å². The van der Waals surface area contributed by atoms with Gasteiger partial charge in [0.15, 0.2) is 0 Å². The number of halogens is 4. The molecule has 0 spiro atoms. The number of nitrogens with zero attached hydrogens (tertiary/aromatic N) is 1. The molecule has 1 rings (SSSR count). The molecule has 0 saturated heterocycles. The van der Waals surface area contributed by atoms with Crippen LogP contribution in [-0.4, -0.2) is 29.7 Å². The molecule has 0 radical (unpaired) electrons. The quantitative estimate of drug-likeness (QED) is 0.869. The van der Waals surface area contributed by atoms with Crippen LogP contribution in [0.1, 0.15) is 6.42 Å². The Labute approximate surface area is 111 Å². The molecule has 1 N–H and O–H groups in total. The van der Waals surface area contributed by atoms with E-state index in [1.54, 1.807) is 0 Å². The Kier molecular flexibility index (Phi) is 4.77. The molecule has 104 valence electrons. The highest BCUT2D eigenvalue weighted by Crippen LogP contribution is 2.24. The van der Waals surface area contributed by atoms with Gasteiger partial charge in [-0.2, -0.15) is 13.2 Å². The molecule has 4 nitrogen and oxygen atoms in total. The zero-order valence-corrected chi connectivity index (χ0v) is 10.2. The van der Waals surface area contributed by atoms with Crippen molar-refractivity contribution in [1.82, 2.24) is 0 Å². The van der Waals surface area contributed by atoms with Gasteiger partial charge >= 0.3 is 12.1 Å². The van der Waals surface area contributed by atoms with Gasteiger partial charge in [0.25, 0.3) is 0 Å². The average Bonchev–Trinajstić information content (AvgIpc) is 2.25. The maximum Gasteiger partial charge on any atom is 0.406 e. The molecule has 0 unspecified atom stereocenters. The Bertz CT molecular complexity index is 473. The van der Waals surface area contributed by atoms with Crippen LogP contribution >= 0.6 is 11.6 Å². The number of alkyl halides is 3. The van der Waals surface area contributed by atoms with E-state index < -0.39 is 31.0 Å². The summed E-state index contributed by atoms with van der Waals surface area (Å²) in [6.45, 7) is -1.55. The van der Waals surface area contributed by atoms with Gasteiger partial charge in [-0.15, -0.1) is 0 Å². The minimum Gasteiger partial charge on any atom is -0.481 e. The van der Waals surface area contributed by atoms with Crippen LogP contribution in [0, 0.1) is 0 Å². The first kappa shape index (κ1) is 15.3. The third-order valence-corrected chi connectivity index (χ3v) is 2.33. The summed E-state index contributed by atoms with van der Waals surface area (Å²) < 4.78 is 37.2. The Morgan fingerprint density at radius 3 is 2.16 bits per heavy atom. The number of rotatable bonds is 4. The summed E-state index contributed by atoms with van der Waals surface area (Å²) in [5.41, 5.74) is -0.0621. The number of carbonyl (C=O) groups is 2. The van der Waals surface area contributed by atoms with Gasteiger partial charge in [-0.3, -0.25) is 9.59 Å². The van der Waals surface area contributed by atoms with Crippen molar-refractivity contribution in [2.75, 3.05) is 11.4 Å². The van der Waals surface area contributed by atoms with Crippen LogP contribution < -0.4 is 4.90 Å².